The lowest BCUT2D eigenvalue weighted by Gasteiger charge is -2.26. The predicted octanol–water partition coefficient (Wildman–Crippen LogP) is 3.73. The fourth-order valence-electron chi connectivity index (χ4n) is 5.78. The van der Waals surface area contributed by atoms with E-state index in [1.54, 1.807) is 7.11 Å². The maximum absolute atomic E-state index is 12.6. The molecule has 0 unspecified atom stereocenters. The number of methoxy groups -OCH3 is 1. The minimum absolute atomic E-state index is 0.0115. The zero-order chi connectivity index (χ0) is 25.7. The van der Waals surface area contributed by atoms with E-state index < -0.39 is 11.9 Å². The standard InChI is InChI=1S/C26H29ClN6O4/c1-37-20-7-16-11-33(10-13-2-3-13)12-21(34)29-18(16)8-19(20)30-26-28-9-17(27)24(32-26)31-23-15-5-4-14(6-15)22(23)25(35)36/h4-5,7-9,13-15,22-23H,2-3,6,10-12H2,1H3,(H,29,34)(H,35,36)(H2,28,30,31,32)/t14-,15+,22+,23-/m1/s1. The summed E-state index contributed by atoms with van der Waals surface area (Å²) in [5, 5.41) is 19.5. The lowest BCUT2D eigenvalue weighted by molar-refractivity contribution is -0.142. The van der Waals surface area contributed by atoms with Gasteiger partial charge in [-0.1, -0.05) is 23.8 Å². The normalized spacial score (nSPS) is 26.4. The number of ether oxygens (including phenoxy) is 1. The van der Waals surface area contributed by atoms with Crippen LogP contribution in [0.25, 0.3) is 0 Å². The van der Waals surface area contributed by atoms with Crippen molar-refractivity contribution in [2.24, 2.45) is 23.7 Å². The van der Waals surface area contributed by atoms with E-state index in [0.717, 1.165) is 24.2 Å². The second-order valence-corrected chi connectivity index (χ2v) is 10.8. The van der Waals surface area contributed by atoms with Crippen LogP contribution >= 0.6 is 11.6 Å². The molecule has 6 rings (SSSR count). The Morgan fingerprint density at radius 1 is 1.27 bits per heavy atom. The second-order valence-electron chi connectivity index (χ2n) is 10.4. The van der Waals surface area contributed by atoms with Gasteiger partial charge in [-0.15, -0.1) is 0 Å². The highest BCUT2D eigenvalue weighted by Crippen LogP contribution is 2.45. The van der Waals surface area contributed by atoms with Crippen molar-refractivity contribution in [1.82, 2.24) is 14.9 Å². The molecule has 0 saturated heterocycles. The van der Waals surface area contributed by atoms with Crippen LogP contribution in [0.3, 0.4) is 0 Å². The number of hydrogen-bond donors (Lipinski definition) is 4. The van der Waals surface area contributed by atoms with Gasteiger partial charge in [0, 0.05) is 24.8 Å². The van der Waals surface area contributed by atoms with E-state index in [1.807, 2.05) is 18.2 Å². The molecule has 2 fully saturated rings. The minimum atomic E-state index is -0.828. The summed E-state index contributed by atoms with van der Waals surface area (Å²) < 4.78 is 5.65. The van der Waals surface area contributed by atoms with Gasteiger partial charge in [0.25, 0.3) is 0 Å². The summed E-state index contributed by atoms with van der Waals surface area (Å²) in [5.41, 5.74) is 2.30. The number of allylic oxidation sites excluding steroid dienone is 1. The van der Waals surface area contributed by atoms with Gasteiger partial charge in [-0.2, -0.15) is 4.98 Å². The molecule has 0 spiro atoms. The topological polar surface area (TPSA) is 129 Å². The molecule has 2 heterocycles. The van der Waals surface area contributed by atoms with E-state index in [1.165, 1.54) is 19.0 Å². The van der Waals surface area contributed by atoms with Crippen molar-refractivity contribution >= 4 is 46.6 Å². The first kappa shape index (κ1) is 24.0. The predicted molar refractivity (Wildman–Crippen MR) is 139 cm³/mol. The SMILES string of the molecule is COc1cc2c(cc1Nc1ncc(Cl)c(N[C@H]3[C@@H](C(=O)O)[C@@H]4C=C[C@H]3C4)n1)NC(=O)CN(CC1CC1)C2. The van der Waals surface area contributed by atoms with Gasteiger partial charge in [0.05, 0.1) is 31.5 Å². The Hall–Kier alpha value is -3.37. The highest BCUT2D eigenvalue weighted by molar-refractivity contribution is 6.32. The molecule has 11 heteroatoms. The maximum atomic E-state index is 12.6. The van der Waals surface area contributed by atoms with E-state index in [2.05, 4.69) is 36.9 Å². The fourth-order valence-corrected chi connectivity index (χ4v) is 5.93. The van der Waals surface area contributed by atoms with Crippen molar-refractivity contribution in [3.05, 3.63) is 41.1 Å². The highest BCUT2D eigenvalue weighted by Gasteiger charge is 2.48. The number of carbonyl (C=O) groups excluding carboxylic acids is 1. The van der Waals surface area contributed by atoms with Crippen LogP contribution in [0.1, 0.15) is 24.8 Å². The molecule has 2 saturated carbocycles. The van der Waals surface area contributed by atoms with Crippen molar-refractivity contribution in [1.29, 1.82) is 0 Å². The van der Waals surface area contributed by atoms with E-state index in [9.17, 15) is 14.7 Å². The number of fused-ring (bicyclic) bond motifs is 3. The average Bonchev–Trinajstić information content (AvgIpc) is 3.48. The van der Waals surface area contributed by atoms with Crippen molar-refractivity contribution < 1.29 is 19.4 Å². The van der Waals surface area contributed by atoms with Gasteiger partial charge in [-0.05, 0) is 54.7 Å². The van der Waals surface area contributed by atoms with Crippen LogP contribution < -0.4 is 20.7 Å². The van der Waals surface area contributed by atoms with Crippen LogP contribution in [0.5, 0.6) is 5.75 Å². The first-order valence-corrected chi connectivity index (χ1v) is 13.0. The number of aliphatic carboxylic acids is 1. The number of hydrogen-bond acceptors (Lipinski definition) is 8. The number of nitrogens with one attached hydrogen (secondary N) is 3. The van der Waals surface area contributed by atoms with Crippen LogP contribution in [0, 0.1) is 23.7 Å². The third-order valence-corrected chi connectivity index (χ3v) is 7.99. The van der Waals surface area contributed by atoms with Gasteiger partial charge in [0.15, 0.2) is 5.82 Å². The zero-order valence-electron chi connectivity index (χ0n) is 20.4. The molecule has 1 amide bonds. The van der Waals surface area contributed by atoms with Crippen molar-refractivity contribution in [3.8, 4) is 5.75 Å². The summed E-state index contributed by atoms with van der Waals surface area (Å²) in [4.78, 5) is 35.5. The Morgan fingerprint density at radius 2 is 2.08 bits per heavy atom. The molecule has 1 aromatic carbocycles. The molecule has 194 valence electrons. The third kappa shape index (κ3) is 4.83. The molecule has 2 aromatic rings. The lowest BCUT2D eigenvalue weighted by Crippen LogP contribution is -2.38. The number of rotatable bonds is 8. The van der Waals surface area contributed by atoms with Crippen LogP contribution in [0.2, 0.25) is 5.02 Å². The van der Waals surface area contributed by atoms with Crippen LogP contribution in [-0.2, 0) is 16.1 Å². The van der Waals surface area contributed by atoms with Gasteiger partial charge in [-0.3, -0.25) is 14.5 Å². The smallest absolute Gasteiger partial charge is 0.309 e. The largest absolute Gasteiger partial charge is 0.495 e. The Kier molecular flexibility index (Phi) is 6.16. The van der Waals surface area contributed by atoms with Gasteiger partial charge in [-0.25, -0.2) is 4.98 Å². The monoisotopic (exact) mass is 524 g/mol. The molecule has 4 atom stereocenters. The van der Waals surface area contributed by atoms with Crippen LogP contribution in [0.4, 0.5) is 23.1 Å². The first-order valence-electron chi connectivity index (χ1n) is 12.6. The summed E-state index contributed by atoms with van der Waals surface area (Å²) in [6.45, 7) is 1.95. The average molecular weight is 525 g/mol. The van der Waals surface area contributed by atoms with E-state index in [4.69, 9.17) is 16.3 Å². The lowest BCUT2D eigenvalue weighted by atomic mass is 9.89. The molecule has 4 aliphatic rings. The fraction of sp³-hybridized carbons (Fsp3) is 0.462. The number of carboxylic acids is 1. The van der Waals surface area contributed by atoms with Crippen molar-refractivity contribution in [2.45, 2.75) is 31.8 Å². The molecule has 0 radical (unpaired) electrons. The van der Waals surface area contributed by atoms with Crippen LogP contribution in [0.15, 0.2) is 30.5 Å². The van der Waals surface area contributed by atoms with Crippen molar-refractivity contribution in [3.63, 3.8) is 0 Å². The van der Waals surface area contributed by atoms with Crippen molar-refractivity contribution in [2.75, 3.05) is 36.1 Å². The highest BCUT2D eigenvalue weighted by atomic mass is 35.5. The summed E-state index contributed by atoms with van der Waals surface area (Å²) in [5.74, 6) is 0.633. The molecular formula is C26H29ClN6O4. The summed E-state index contributed by atoms with van der Waals surface area (Å²) in [6, 6.07) is 3.46. The van der Waals surface area contributed by atoms with Gasteiger partial charge < -0.3 is 25.8 Å². The molecule has 37 heavy (non-hydrogen) atoms. The van der Waals surface area contributed by atoms with E-state index in [-0.39, 0.29) is 29.7 Å². The minimum Gasteiger partial charge on any atom is -0.495 e. The number of halogens is 1. The quantitative estimate of drug-likeness (QED) is 0.382. The summed E-state index contributed by atoms with van der Waals surface area (Å²) in [6.07, 6.45) is 8.79. The molecule has 2 bridgehead atoms. The molecule has 10 nitrogen and oxygen atoms in total. The Balaban J connectivity index is 1.24. The number of carbonyl (C=O) groups is 2. The number of nitrogens with zero attached hydrogens (tertiary/aromatic N) is 3. The number of aromatic nitrogens is 2. The third-order valence-electron chi connectivity index (χ3n) is 7.71. The maximum Gasteiger partial charge on any atom is 0.309 e. The molecule has 1 aliphatic heterocycles. The number of anilines is 4. The summed E-state index contributed by atoms with van der Waals surface area (Å²) in [7, 11) is 1.59. The molecule has 3 aliphatic carbocycles. The molecule has 4 N–H and O–H groups in total. The molecule has 1 aromatic heterocycles. The Labute approximate surface area is 219 Å². The zero-order valence-corrected chi connectivity index (χ0v) is 21.2. The number of benzene rings is 1. The Bertz CT molecular complexity index is 1280. The first-order chi connectivity index (χ1) is 17.9. The number of carboxylic acid groups (broad SMARTS) is 1. The summed E-state index contributed by atoms with van der Waals surface area (Å²) >= 11 is 6.39. The number of amides is 1. The van der Waals surface area contributed by atoms with Crippen LogP contribution in [-0.4, -0.2) is 58.1 Å². The van der Waals surface area contributed by atoms with E-state index >= 15 is 0 Å². The molecular weight excluding hydrogens is 496 g/mol. The van der Waals surface area contributed by atoms with Gasteiger partial charge in [0.2, 0.25) is 11.9 Å². The van der Waals surface area contributed by atoms with E-state index in [0.29, 0.717) is 41.3 Å². The second kappa shape index (κ2) is 9.50. The van der Waals surface area contributed by atoms with Gasteiger partial charge in [0.1, 0.15) is 10.8 Å². The van der Waals surface area contributed by atoms with Gasteiger partial charge >= 0.3 is 5.97 Å². The Morgan fingerprint density at radius 3 is 2.84 bits per heavy atom.